The quantitative estimate of drug-likeness (QED) is 0.744. The molecule has 0 heterocycles. The molecule has 1 rings (SSSR count). The largest absolute Gasteiger partial charge is 0.396 e. The summed E-state index contributed by atoms with van der Waals surface area (Å²) in [7, 11) is 0. The zero-order valence-corrected chi connectivity index (χ0v) is 8.74. The van der Waals surface area contributed by atoms with Gasteiger partial charge in [-0.05, 0) is 37.8 Å². The van der Waals surface area contributed by atoms with E-state index < -0.39 is 0 Å². The molecule has 0 spiro atoms. The predicted molar refractivity (Wildman–Crippen MR) is 59.1 cm³/mol. The van der Waals surface area contributed by atoms with Crippen LogP contribution in [0.25, 0.3) is 0 Å². The lowest BCUT2D eigenvalue weighted by Gasteiger charge is -2.10. The Balaban J connectivity index is 2.41. The van der Waals surface area contributed by atoms with E-state index in [4.69, 9.17) is 10.8 Å². The number of aliphatic hydroxyl groups excluding tert-OH is 1. The van der Waals surface area contributed by atoms with Gasteiger partial charge in [-0.2, -0.15) is 0 Å². The molecule has 2 nitrogen and oxygen atoms in total. The average molecular weight is 193 g/mol. The molecule has 0 saturated heterocycles. The Morgan fingerprint density at radius 2 is 1.93 bits per heavy atom. The van der Waals surface area contributed by atoms with Gasteiger partial charge in [0.05, 0.1) is 0 Å². The van der Waals surface area contributed by atoms with Crippen molar-refractivity contribution in [2.45, 2.75) is 19.8 Å². The van der Waals surface area contributed by atoms with Gasteiger partial charge < -0.3 is 10.8 Å². The zero-order chi connectivity index (χ0) is 10.4. The van der Waals surface area contributed by atoms with E-state index in [2.05, 4.69) is 31.2 Å². The Bertz CT molecular complexity index is 252. The number of benzene rings is 1. The highest BCUT2D eigenvalue weighted by molar-refractivity contribution is 5.21. The van der Waals surface area contributed by atoms with Crippen LogP contribution >= 0.6 is 0 Å². The van der Waals surface area contributed by atoms with E-state index in [0.29, 0.717) is 6.54 Å². The van der Waals surface area contributed by atoms with Gasteiger partial charge in [-0.15, -0.1) is 0 Å². The van der Waals surface area contributed by atoms with Crippen molar-refractivity contribution < 1.29 is 5.11 Å². The third-order valence-electron chi connectivity index (χ3n) is 2.55. The number of aliphatic hydroxyl groups is 1. The molecule has 0 aliphatic rings. The summed E-state index contributed by atoms with van der Waals surface area (Å²) in [5.41, 5.74) is 8.12. The van der Waals surface area contributed by atoms with Crippen molar-refractivity contribution in [3.63, 3.8) is 0 Å². The van der Waals surface area contributed by atoms with Gasteiger partial charge in [-0.1, -0.05) is 29.8 Å². The first-order valence-electron chi connectivity index (χ1n) is 5.12. The maximum atomic E-state index is 8.97. The third kappa shape index (κ3) is 3.48. The molecule has 1 atom stereocenters. The molecule has 2 heteroatoms. The smallest absolute Gasteiger partial charge is 0.0471 e. The minimum absolute atomic E-state index is 0.197. The lowest BCUT2D eigenvalue weighted by atomic mass is 10.00. The van der Waals surface area contributed by atoms with Crippen LogP contribution in [0.15, 0.2) is 24.3 Å². The molecule has 14 heavy (non-hydrogen) atoms. The molecule has 3 N–H and O–H groups in total. The van der Waals surface area contributed by atoms with E-state index in [1.54, 1.807) is 0 Å². The van der Waals surface area contributed by atoms with E-state index >= 15 is 0 Å². The normalized spacial score (nSPS) is 12.8. The highest BCUT2D eigenvalue weighted by Crippen LogP contribution is 2.09. The van der Waals surface area contributed by atoms with Gasteiger partial charge >= 0.3 is 0 Å². The van der Waals surface area contributed by atoms with Gasteiger partial charge in [-0.3, -0.25) is 0 Å². The molecule has 0 aliphatic carbocycles. The van der Waals surface area contributed by atoms with Crippen LogP contribution in [0.3, 0.4) is 0 Å². The van der Waals surface area contributed by atoms with Crippen molar-refractivity contribution in [3.05, 3.63) is 35.4 Å². The van der Waals surface area contributed by atoms with Crippen molar-refractivity contribution in [3.8, 4) is 0 Å². The SMILES string of the molecule is Cc1ccc(CCC(CN)CO)cc1. The molecule has 0 aromatic heterocycles. The fourth-order valence-electron chi connectivity index (χ4n) is 1.41. The van der Waals surface area contributed by atoms with Crippen LogP contribution in [0.1, 0.15) is 17.5 Å². The predicted octanol–water partition coefficient (Wildman–Crippen LogP) is 1.49. The second-order valence-corrected chi connectivity index (χ2v) is 3.81. The van der Waals surface area contributed by atoms with Crippen LogP contribution in [0.2, 0.25) is 0 Å². The summed E-state index contributed by atoms with van der Waals surface area (Å²) in [5, 5.41) is 8.97. The van der Waals surface area contributed by atoms with Gasteiger partial charge in [0.15, 0.2) is 0 Å². The van der Waals surface area contributed by atoms with Crippen LogP contribution < -0.4 is 5.73 Å². The Morgan fingerprint density at radius 3 is 2.43 bits per heavy atom. The van der Waals surface area contributed by atoms with Gasteiger partial charge in [0.1, 0.15) is 0 Å². The third-order valence-corrected chi connectivity index (χ3v) is 2.55. The Kier molecular flexibility index (Phi) is 4.63. The molecule has 0 radical (unpaired) electrons. The van der Waals surface area contributed by atoms with Gasteiger partial charge in [0.25, 0.3) is 0 Å². The number of aryl methyl sites for hydroxylation is 2. The fraction of sp³-hybridized carbons (Fsp3) is 0.500. The van der Waals surface area contributed by atoms with Crippen LogP contribution in [0.5, 0.6) is 0 Å². The van der Waals surface area contributed by atoms with Crippen LogP contribution in [0.4, 0.5) is 0 Å². The molecular weight excluding hydrogens is 174 g/mol. The molecular formula is C12H19NO. The lowest BCUT2D eigenvalue weighted by Crippen LogP contribution is -2.18. The van der Waals surface area contributed by atoms with Crippen molar-refractivity contribution >= 4 is 0 Å². The van der Waals surface area contributed by atoms with E-state index in [-0.39, 0.29) is 12.5 Å². The molecule has 0 amide bonds. The zero-order valence-electron chi connectivity index (χ0n) is 8.74. The molecule has 1 aromatic carbocycles. The van der Waals surface area contributed by atoms with Crippen molar-refractivity contribution in [1.82, 2.24) is 0 Å². The highest BCUT2D eigenvalue weighted by atomic mass is 16.3. The van der Waals surface area contributed by atoms with Crippen molar-refractivity contribution in [2.24, 2.45) is 11.7 Å². The first-order chi connectivity index (χ1) is 6.76. The summed E-state index contributed by atoms with van der Waals surface area (Å²) in [5.74, 6) is 0.247. The summed E-state index contributed by atoms with van der Waals surface area (Å²) in [6.45, 7) is 2.85. The minimum atomic E-state index is 0.197. The van der Waals surface area contributed by atoms with E-state index in [9.17, 15) is 0 Å². The maximum Gasteiger partial charge on any atom is 0.0471 e. The van der Waals surface area contributed by atoms with E-state index in [1.807, 2.05) is 0 Å². The molecule has 0 bridgehead atoms. The monoisotopic (exact) mass is 193 g/mol. The lowest BCUT2D eigenvalue weighted by molar-refractivity contribution is 0.223. The first-order valence-corrected chi connectivity index (χ1v) is 5.12. The second kappa shape index (κ2) is 5.78. The fourth-order valence-corrected chi connectivity index (χ4v) is 1.41. The minimum Gasteiger partial charge on any atom is -0.396 e. The molecule has 0 aliphatic heterocycles. The number of rotatable bonds is 5. The first kappa shape index (κ1) is 11.2. The molecule has 1 unspecified atom stereocenters. The summed E-state index contributed by atoms with van der Waals surface area (Å²) in [6.07, 6.45) is 1.97. The molecule has 78 valence electrons. The van der Waals surface area contributed by atoms with Crippen LogP contribution in [0, 0.1) is 12.8 Å². The average Bonchev–Trinajstić information content (AvgIpc) is 2.22. The standard InChI is InChI=1S/C12H19NO/c1-10-2-4-11(5-3-10)6-7-12(8-13)9-14/h2-5,12,14H,6-9,13H2,1H3. The van der Waals surface area contributed by atoms with Crippen molar-refractivity contribution in [1.29, 1.82) is 0 Å². The van der Waals surface area contributed by atoms with Gasteiger partial charge in [-0.25, -0.2) is 0 Å². The number of hydrogen-bond donors (Lipinski definition) is 2. The van der Waals surface area contributed by atoms with Crippen LogP contribution in [-0.4, -0.2) is 18.3 Å². The Labute approximate surface area is 85.8 Å². The molecule has 0 saturated carbocycles. The van der Waals surface area contributed by atoms with Gasteiger partial charge in [0.2, 0.25) is 0 Å². The summed E-state index contributed by atoms with van der Waals surface area (Å²) < 4.78 is 0. The van der Waals surface area contributed by atoms with E-state index in [0.717, 1.165) is 12.8 Å². The highest BCUT2D eigenvalue weighted by Gasteiger charge is 2.04. The van der Waals surface area contributed by atoms with Crippen molar-refractivity contribution in [2.75, 3.05) is 13.2 Å². The van der Waals surface area contributed by atoms with Gasteiger partial charge in [0, 0.05) is 6.61 Å². The number of hydrogen-bond acceptors (Lipinski definition) is 2. The summed E-state index contributed by atoms with van der Waals surface area (Å²) in [6, 6.07) is 8.51. The Morgan fingerprint density at radius 1 is 1.29 bits per heavy atom. The topological polar surface area (TPSA) is 46.2 Å². The number of nitrogens with two attached hydrogens (primary N) is 1. The second-order valence-electron chi connectivity index (χ2n) is 3.81. The molecule has 0 fully saturated rings. The maximum absolute atomic E-state index is 8.97. The summed E-state index contributed by atoms with van der Waals surface area (Å²) in [4.78, 5) is 0. The molecule has 1 aromatic rings. The summed E-state index contributed by atoms with van der Waals surface area (Å²) >= 11 is 0. The van der Waals surface area contributed by atoms with E-state index in [1.165, 1.54) is 11.1 Å². The Hall–Kier alpha value is -0.860. The van der Waals surface area contributed by atoms with Crippen LogP contribution in [-0.2, 0) is 6.42 Å².